The molecule has 5 rings (SSSR count). The number of ether oxygens (including phenoxy) is 1. The average Bonchev–Trinajstić information content (AvgIpc) is 3.29. The van der Waals surface area contributed by atoms with Gasteiger partial charge in [-0.1, -0.05) is 12.1 Å². The molecule has 1 atom stereocenters. The van der Waals surface area contributed by atoms with E-state index in [1.165, 1.54) is 7.11 Å². The zero-order valence-electron chi connectivity index (χ0n) is 17.5. The van der Waals surface area contributed by atoms with E-state index in [4.69, 9.17) is 15.5 Å². The van der Waals surface area contributed by atoms with Crippen LogP contribution in [0.3, 0.4) is 0 Å². The van der Waals surface area contributed by atoms with Gasteiger partial charge in [-0.3, -0.25) is 9.88 Å². The van der Waals surface area contributed by atoms with Gasteiger partial charge in [0.05, 0.1) is 23.7 Å². The lowest BCUT2D eigenvalue weighted by molar-refractivity contribution is 0.0600. The van der Waals surface area contributed by atoms with Crippen LogP contribution < -0.4 is 11.1 Å². The fourth-order valence-electron chi connectivity index (χ4n) is 4.24. The van der Waals surface area contributed by atoms with E-state index in [1.54, 1.807) is 12.1 Å². The number of anilines is 1. The van der Waals surface area contributed by atoms with Crippen LogP contribution in [-0.2, 0) is 4.74 Å². The highest BCUT2D eigenvalue weighted by Gasteiger charge is 2.28. The van der Waals surface area contributed by atoms with Gasteiger partial charge in [0.2, 0.25) is 5.95 Å². The smallest absolute Gasteiger partial charge is 0.337 e. The van der Waals surface area contributed by atoms with Gasteiger partial charge in [0.1, 0.15) is 0 Å². The number of fused-ring (bicyclic) bond motifs is 3. The molecule has 1 aliphatic rings. The van der Waals surface area contributed by atoms with Crippen molar-refractivity contribution in [2.24, 2.45) is 10.7 Å². The molecule has 2 aromatic heterocycles. The van der Waals surface area contributed by atoms with Gasteiger partial charge in [0.15, 0.2) is 12.1 Å². The fourth-order valence-corrected chi connectivity index (χ4v) is 4.24. The van der Waals surface area contributed by atoms with E-state index >= 15 is 0 Å². The number of carbonyl (C=O) groups excluding carboxylic acids is 1. The molecule has 0 radical (unpaired) electrons. The maximum absolute atomic E-state index is 11.8. The van der Waals surface area contributed by atoms with E-state index < -0.39 is 0 Å². The molecule has 1 aliphatic heterocycles. The van der Waals surface area contributed by atoms with E-state index in [9.17, 15) is 4.79 Å². The number of nitrogens with one attached hydrogen (secondary N) is 1. The van der Waals surface area contributed by atoms with Crippen LogP contribution in [-0.4, -0.2) is 33.2 Å². The minimum atomic E-state index is -0.354. The third-order valence-electron chi connectivity index (χ3n) is 5.64. The van der Waals surface area contributed by atoms with E-state index in [1.807, 2.05) is 43.3 Å². The van der Waals surface area contributed by atoms with Crippen LogP contribution in [0.25, 0.3) is 16.7 Å². The van der Waals surface area contributed by atoms with Crippen molar-refractivity contribution < 1.29 is 9.53 Å². The number of guanidine groups is 1. The minimum absolute atomic E-state index is 0.333. The SMILES string of the molecule is COC(=O)c1ccc(-n2c(C)cc([C@@H]3N=C(N)Nc4nc5ccccc5n43)c2C)cc1. The number of esters is 1. The molecular weight excluding hydrogens is 392 g/mol. The highest BCUT2D eigenvalue weighted by molar-refractivity contribution is 5.94. The third kappa shape index (κ3) is 2.95. The van der Waals surface area contributed by atoms with E-state index in [0.717, 1.165) is 33.7 Å². The van der Waals surface area contributed by atoms with E-state index in [0.29, 0.717) is 17.5 Å². The molecule has 2 aromatic carbocycles. The Morgan fingerprint density at radius 3 is 2.61 bits per heavy atom. The zero-order valence-corrected chi connectivity index (χ0v) is 17.5. The van der Waals surface area contributed by atoms with Crippen molar-refractivity contribution in [3.63, 3.8) is 0 Å². The van der Waals surface area contributed by atoms with Gasteiger partial charge in [0.25, 0.3) is 0 Å². The van der Waals surface area contributed by atoms with Crippen LogP contribution in [0.15, 0.2) is 59.6 Å². The largest absolute Gasteiger partial charge is 0.465 e. The number of rotatable bonds is 3. The molecule has 8 nitrogen and oxygen atoms in total. The molecule has 0 bridgehead atoms. The average molecular weight is 414 g/mol. The normalized spacial score (nSPS) is 15.3. The van der Waals surface area contributed by atoms with Gasteiger partial charge in [-0.05, 0) is 56.3 Å². The lowest BCUT2D eigenvalue weighted by Crippen LogP contribution is -2.31. The fraction of sp³-hybridized carbons (Fsp3) is 0.174. The van der Waals surface area contributed by atoms with Gasteiger partial charge in [0, 0.05) is 22.6 Å². The Balaban J connectivity index is 1.63. The lowest BCUT2D eigenvalue weighted by Gasteiger charge is -2.24. The Hall–Kier alpha value is -4.07. The second-order valence-corrected chi connectivity index (χ2v) is 7.51. The standard InChI is InChI=1S/C23H22N6O2/c1-13-12-17(14(2)28(13)16-10-8-15(9-11-16)21(30)31-3)20-26-22(24)27-23-25-18-6-4-5-7-19(18)29(20)23/h4-12,20H,1-3H3,(H3,24,25,26,27)/t20-/m1/s1. The number of hydrogen-bond acceptors (Lipinski definition) is 6. The number of aliphatic imine (C=N–C) groups is 1. The molecule has 31 heavy (non-hydrogen) atoms. The van der Waals surface area contributed by atoms with Crippen molar-refractivity contribution >= 4 is 28.9 Å². The Morgan fingerprint density at radius 2 is 1.87 bits per heavy atom. The Morgan fingerprint density at radius 1 is 1.13 bits per heavy atom. The van der Waals surface area contributed by atoms with Crippen molar-refractivity contribution in [3.05, 3.63) is 77.1 Å². The molecule has 3 N–H and O–H groups in total. The number of hydrogen-bond donors (Lipinski definition) is 2. The summed E-state index contributed by atoms with van der Waals surface area (Å²) in [5.41, 5.74) is 12.6. The molecule has 156 valence electrons. The summed E-state index contributed by atoms with van der Waals surface area (Å²) in [6.45, 7) is 4.11. The minimum Gasteiger partial charge on any atom is -0.465 e. The summed E-state index contributed by atoms with van der Waals surface area (Å²) in [5, 5.41) is 3.07. The topological polar surface area (TPSA) is 99.5 Å². The highest BCUT2D eigenvalue weighted by Crippen LogP contribution is 2.35. The third-order valence-corrected chi connectivity index (χ3v) is 5.64. The lowest BCUT2D eigenvalue weighted by atomic mass is 10.1. The quantitative estimate of drug-likeness (QED) is 0.500. The molecule has 0 aliphatic carbocycles. The first kappa shape index (κ1) is 18.9. The van der Waals surface area contributed by atoms with Gasteiger partial charge in [-0.15, -0.1) is 0 Å². The number of methoxy groups -OCH3 is 1. The van der Waals surface area contributed by atoms with Crippen LogP contribution in [0, 0.1) is 13.8 Å². The van der Waals surface area contributed by atoms with Crippen molar-refractivity contribution in [2.45, 2.75) is 20.0 Å². The first-order valence-corrected chi connectivity index (χ1v) is 9.93. The molecular formula is C23H22N6O2. The van der Waals surface area contributed by atoms with Crippen molar-refractivity contribution in [2.75, 3.05) is 12.4 Å². The highest BCUT2D eigenvalue weighted by atomic mass is 16.5. The summed E-state index contributed by atoms with van der Waals surface area (Å²) >= 11 is 0. The number of aromatic nitrogens is 3. The number of nitrogens with two attached hydrogens (primary N) is 1. The summed E-state index contributed by atoms with van der Waals surface area (Å²) < 4.78 is 9.01. The second-order valence-electron chi connectivity index (χ2n) is 7.51. The second kappa shape index (κ2) is 7.02. The van der Waals surface area contributed by atoms with Crippen molar-refractivity contribution in [1.29, 1.82) is 0 Å². The number of imidazole rings is 1. The summed E-state index contributed by atoms with van der Waals surface area (Å²) in [6.07, 6.45) is -0.335. The molecule has 0 saturated carbocycles. The van der Waals surface area contributed by atoms with Gasteiger partial charge < -0.3 is 15.0 Å². The van der Waals surface area contributed by atoms with Gasteiger partial charge >= 0.3 is 5.97 Å². The van der Waals surface area contributed by atoms with Crippen molar-refractivity contribution in [1.82, 2.24) is 14.1 Å². The van der Waals surface area contributed by atoms with Crippen LogP contribution >= 0.6 is 0 Å². The molecule has 0 unspecified atom stereocenters. The van der Waals surface area contributed by atoms with E-state index in [2.05, 4.69) is 32.4 Å². The number of para-hydroxylation sites is 2. The van der Waals surface area contributed by atoms with Gasteiger partial charge in [-0.25, -0.2) is 14.8 Å². The van der Waals surface area contributed by atoms with Crippen LogP contribution in [0.4, 0.5) is 5.95 Å². The Bertz CT molecular complexity index is 1350. The molecule has 0 fully saturated rings. The Labute approximate surface area is 179 Å². The summed E-state index contributed by atoms with van der Waals surface area (Å²) in [4.78, 5) is 21.1. The molecule has 8 heteroatoms. The summed E-state index contributed by atoms with van der Waals surface area (Å²) in [5.74, 6) is 0.651. The number of aryl methyl sites for hydroxylation is 1. The first-order valence-electron chi connectivity index (χ1n) is 9.93. The molecule has 3 heterocycles. The maximum Gasteiger partial charge on any atom is 0.337 e. The number of benzene rings is 2. The molecule has 0 spiro atoms. The Kier molecular flexibility index (Phi) is 4.28. The molecule has 0 saturated heterocycles. The van der Waals surface area contributed by atoms with Crippen LogP contribution in [0.1, 0.15) is 33.5 Å². The summed E-state index contributed by atoms with van der Waals surface area (Å²) in [6, 6.07) is 17.4. The van der Waals surface area contributed by atoms with Crippen LogP contribution in [0.2, 0.25) is 0 Å². The molecule has 4 aromatic rings. The predicted molar refractivity (Wildman–Crippen MR) is 120 cm³/mol. The monoisotopic (exact) mass is 414 g/mol. The number of nitrogens with zero attached hydrogens (tertiary/aromatic N) is 4. The zero-order chi connectivity index (χ0) is 21.7. The van der Waals surface area contributed by atoms with E-state index in [-0.39, 0.29) is 12.1 Å². The van der Waals surface area contributed by atoms with Crippen molar-refractivity contribution in [3.8, 4) is 5.69 Å². The summed E-state index contributed by atoms with van der Waals surface area (Å²) in [7, 11) is 1.38. The van der Waals surface area contributed by atoms with Crippen LogP contribution in [0.5, 0.6) is 0 Å². The first-order chi connectivity index (χ1) is 15.0. The predicted octanol–water partition coefficient (Wildman–Crippen LogP) is 3.52. The van der Waals surface area contributed by atoms with Gasteiger partial charge in [-0.2, -0.15) is 0 Å². The number of carbonyl (C=O) groups is 1. The maximum atomic E-state index is 11.8. The molecule has 0 amide bonds.